The summed E-state index contributed by atoms with van der Waals surface area (Å²) in [6, 6.07) is 11.5. The van der Waals surface area contributed by atoms with Crippen molar-refractivity contribution in [2.24, 2.45) is 10.9 Å². The first-order valence-corrected chi connectivity index (χ1v) is 9.00. The van der Waals surface area contributed by atoms with Crippen LogP contribution in [0.4, 0.5) is 5.69 Å². The van der Waals surface area contributed by atoms with E-state index in [4.69, 9.17) is 38.5 Å². The van der Waals surface area contributed by atoms with E-state index in [0.717, 1.165) is 0 Å². The molecule has 154 valence electrons. The number of benzene rings is 2. The minimum Gasteiger partial charge on any atom is -0.470 e. The zero-order valence-electron chi connectivity index (χ0n) is 15.1. The van der Waals surface area contributed by atoms with Gasteiger partial charge in [-0.3, -0.25) is 10.1 Å². The van der Waals surface area contributed by atoms with E-state index in [9.17, 15) is 14.9 Å². The minimum atomic E-state index is -0.844. The Bertz CT molecular complexity index is 1110. The summed E-state index contributed by atoms with van der Waals surface area (Å²) in [7, 11) is 0. The summed E-state index contributed by atoms with van der Waals surface area (Å²) in [5.74, 6) is -0.567. The van der Waals surface area contributed by atoms with E-state index in [1.54, 1.807) is 12.1 Å². The monoisotopic (exact) mass is 449 g/mol. The summed E-state index contributed by atoms with van der Waals surface area (Å²) in [5.41, 5.74) is 5.95. The van der Waals surface area contributed by atoms with Crippen LogP contribution in [0.15, 0.2) is 59.9 Å². The first kappa shape index (κ1) is 21.1. The molecule has 30 heavy (non-hydrogen) atoms. The lowest BCUT2D eigenvalue weighted by Crippen LogP contribution is -2.15. The van der Waals surface area contributed by atoms with Crippen molar-refractivity contribution >= 4 is 40.7 Å². The molecule has 0 saturated carbocycles. The number of carbonyl (C=O) groups is 1. The van der Waals surface area contributed by atoms with Crippen LogP contribution in [0, 0.1) is 10.1 Å². The van der Waals surface area contributed by atoms with E-state index in [1.807, 2.05) is 0 Å². The highest BCUT2D eigenvalue weighted by Crippen LogP contribution is 2.27. The summed E-state index contributed by atoms with van der Waals surface area (Å²) in [5, 5.41) is 19.0. The van der Waals surface area contributed by atoms with Gasteiger partial charge < -0.3 is 15.3 Å². The number of amidine groups is 1. The molecular weight excluding hydrogens is 437 g/mol. The van der Waals surface area contributed by atoms with Crippen LogP contribution in [0.2, 0.25) is 10.0 Å². The third kappa shape index (κ3) is 5.25. The highest BCUT2D eigenvalue weighted by molar-refractivity contribution is 6.35. The smallest absolute Gasteiger partial charge is 0.385 e. The van der Waals surface area contributed by atoms with Gasteiger partial charge in [0, 0.05) is 28.9 Å². The van der Waals surface area contributed by atoms with Gasteiger partial charge in [-0.25, -0.2) is 9.48 Å². The SMILES string of the molecule is N/C(=N\OC(=O)c1ccn(COc2ccc(Cl)cc2Cl)n1)c1ccc([N+](=O)[O-])cc1. The number of halogens is 2. The number of hydrogen-bond acceptors (Lipinski definition) is 7. The van der Waals surface area contributed by atoms with Crippen LogP contribution in [0.5, 0.6) is 5.75 Å². The number of non-ortho nitro benzene ring substituents is 1. The van der Waals surface area contributed by atoms with Gasteiger partial charge in [-0.2, -0.15) is 5.10 Å². The second kappa shape index (κ2) is 9.25. The largest absolute Gasteiger partial charge is 0.470 e. The first-order valence-electron chi connectivity index (χ1n) is 8.24. The zero-order chi connectivity index (χ0) is 21.7. The minimum absolute atomic E-state index is 0.0111. The highest BCUT2D eigenvalue weighted by Gasteiger charge is 2.13. The van der Waals surface area contributed by atoms with Gasteiger partial charge in [0.2, 0.25) is 0 Å². The molecule has 0 saturated heterocycles. The number of oxime groups is 1. The van der Waals surface area contributed by atoms with E-state index in [0.29, 0.717) is 21.4 Å². The predicted molar refractivity (Wildman–Crippen MR) is 109 cm³/mol. The zero-order valence-corrected chi connectivity index (χ0v) is 16.6. The Morgan fingerprint density at radius 1 is 1.20 bits per heavy atom. The summed E-state index contributed by atoms with van der Waals surface area (Å²) in [6.07, 6.45) is 1.50. The number of aromatic nitrogens is 2. The third-order valence-electron chi connectivity index (χ3n) is 3.70. The van der Waals surface area contributed by atoms with Crippen LogP contribution in [-0.4, -0.2) is 26.5 Å². The Kier molecular flexibility index (Phi) is 6.50. The molecule has 10 nitrogen and oxygen atoms in total. The third-order valence-corrected chi connectivity index (χ3v) is 4.23. The van der Waals surface area contributed by atoms with Crippen molar-refractivity contribution < 1.29 is 19.3 Å². The molecule has 12 heteroatoms. The van der Waals surface area contributed by atoms with E-state index in [2.05, 4.69) is 10.3 Å². The van der Waals surface area contributed by atoms with Gasteiger partial charge in [0.15, 0.2) is 18.3 Å². The lowest BCUT2D eigenvalue weighted by atomic mass is 10.2. The number of rotatable bonds is 7. The fourth-order valence-corrected chi connectivity index (χ4v) is 2.68. The number of hydrogen-bond donors (Lipinski definition) is 1. The van der Waals surface area contributed by atoms with Gasteiger partial charge in [-0.1, -0.05) is 28.4 Å². The van der Waals surface area contributed by atoms with Crippen molar-refractivity contribution in [1.29, 1.82) is 0 Å². The van der Waals surface area contributed by atoms with E-state index in [-0.39, 0.29) is 23.9 Å². The Balaban J connectivity index is 1.59. The van der Waals surface area contributed by atoms with Crippen molar-refractivity contribution in [3.8, 4) is 5.75 Å². The van der Waals surface area contributed by atoms with E-state index in [1.165, 1.54) is 47.3 Å². The van der Waals surface area contributed by atoms with Crippen molar-refractivity contribution in [2.75, 3.05) is 0 Å². The molecule has 0 radical (unpaired) electrons. The molecule has 3 aromatic rings. The molecule has 0 amide bonds. The Labute approximate surface area is 179 Å². The maximum atomic E-state index is 12.1. The topological polar surface area (TPSA) is 135 Å². The number of ether oxygens (including phenoxy) is 1. The molecule has 0 aliphatic rings. The summed E-state index contributed by atoms with van der Waals surface area (Å²) in [6.45, 7) is -0.0111. The lowest BCUT2D eigenvalue weighted by molar-refractivity contribution is -0.384. The van der Waals surface area contributed by atoms with Crippen LogP contribution in [0.1, 0.15) is 16.1 Å². The number of nitrogens with two attached hydrogens (primary N) is 1. The molecule has 2 N–H and O–H groups in total. The quantitative estimate of drug-likeness (QED) is 0.191. The van der Waals surface area contributed by atoms with Crippen LogP contribution < -0.4 is 10.5 Å². The van der Waals surface area contributed by atoms with E-state index < -0.39 is 10.9 Å². The van der Waals surface area contributed by atoms with Gasteiger partial charge in [-0.05, 0) is 36.4 Å². The average molecular weight is 450 g/mol. The lowest BCUT2D eigenvalue weighted by Gasteiger charge is -2.08. The molecule has 0 unspecified atom stereocenters. The molecule has 1 heterocycles. The number of nitro groups is 1. The predicted octanol–water partition coefficient (Wildman–Crippen LogP) is 3.61. The van der Waals surface area contributed by atoms with Gasteiger partial charge >= 0.3 is 5.97 Å². The second-order valence-electron chi connectivity index (χ2n) is 5.75. The maximum Gasteiger partial charge on any atom is 0.385 e. The van der Waals surface area contributed by atoms with Crippen LogP contribution in [0.25, 0.3) is 0 Å². The number of carbonyl (C=O) groups excluding carboxylic acids is 1. The molecule has 3 rings (SSSR count). The molecule has 0 aliphatic carbocycles. The maximum absolute atomic E-state index is 12.1. The molecule has 2 aromatic carbocycles. The van der Waals surface area contributed by atoms with Crippen LogP contribution in [0.3, 0.4) is 0 Å². The van der Waals surface area contributed by atoms with Gasteiger partial charge in [0.25, 0.3) is 5.69 Å². The molecule has 0 aliphatic heterocycles. The van der Waals surface area contributed by atoms with Crippen LogP contribution in [-0.2, 0) is 11.6 Å². The normalized spacial score (nSPS) is 11.2. The standard InChI is InChI=1S/C18H13Cl2N5O5/c19-12-3-6-16(14(20)9-12)29-10-24-8-7-15(22-24)18(26)30-23-17(21)11-1-4-13(5-2-11)25(27)28/h1-9H,10H2,(H2,21,23). The summed E-state index contributed by atoms with van der Waals surface area (Å²) >= 11 is 11.9. The van der Waals surface area contributed by atoms with Crippen LogP contribution >= 0.6 is 23.2 Å². The van der Waals surface area contributed by atoms with Gasteiger partial charge in [0.05, 0.1) is 9.95 Å². The summed E-state index contributed by atoms with van der Waals surface area (Å²) < 4.78 is 6.87. The molecule has 0 atom stereocenters. The van der Waals surface area contributed by atoms with Gasteiger partial charge in [-0.15, -0.1) is 0 Å². The molecular formula is C18H13Cl2N5O5. The van der Waals surface area contributed by atoms with Crippen molar-refractivity contribution in [3.63, 3.8) is 0 Å². The fourth-order valence-electron chi connectivity index (χ4n) is 2.21. The molecule has 0 spiro atoms. The van der Waals surface area contributed by atoms with Crippen molar-refractivity contribution in [1.82, 2.24) is 9.78 Å². The molecule has 0 bridgehead atoms. The van der Waals surface area contributed by atoms with Crippen molar-refractivity contribution in [3.05, 3.63) is 86.1 Å². The first-order chi connectivity index (χ1) is 14.3. The number of nitro benzene ring substituents is 1. The summed E-state index contributed by atoms with van der Waals surface area (Å²) in [4.78, 5) is 27.0. The Morgan fingerprint density at radius 2 is 1.93 bits per heavy atom. The van der Waals surface area contributed by atoms with Gasteiger partial charge in [0.1, 0.15) is 5.75 Å². The molecule has 1 aromatic heterocycles. The van der Waals surface area contributed by atoms with E-state index >= 15 is 0 Å². The average Bonchev–Trinajstić information content (AvgIpc) is 3.20. The Morgan fingerprint density at radius 3 is 2.60 bits per heavy atom. The Hall–Kier alpha value is -3.63. The highest BCUT2D eigenvalue weighted by atomic mass is 35.5. The number of nitrogens with zero attached hydrogens (tertiary/aromatic N) is 4. The van der Waals surface area contributed by atoms with Crippen molar-refractivity contribution in [2.45, 2.75) is 6.73 Å². The second-order valence-corrected chi connectivity index (χ2v) is 6.59. The fraction of sp³-hybridized carbons (Fsp3) is 0.0556. The molecule has 0 fully saturated rings.